The number of halogens is 1. The SMILES string of the molecule is CCOCC(O)CSc1cc(N)ccc1Cl. The lowest BCUT2D eigenvalue weighted by molar-refractivity contribution is 0.0551. The Hall–Kier alpha value is -0.420. The minimum absolute atomic E-state index is 0.351. The lowest BCUT2D eigenvalue weighted by Gasteiger charge is -2.11. The van der Waals surface area contributed by atoms with E-state index in [4.69, 9.17) is 22.1 Å². The van der Waals surface area contributed by atoms with E-state index in [1.54, 1.807) is 18.2 Å². The molecular formula is C11H16ClNO2S. The number of hydrogen-bond donors (Lipinski definition) is 2. The number of aliphatic hydroxyl groups is 1. The molecule has 1 unspecified atom stereocenters. The zero-order valence-electron chi connectivity index (χ0n) is 9.15. The number of thioether (sulfide) groups is 1. The molecule has 3 N–H and O–H groups in total. The summed E-state index contributed by atoms with van der Waals surface area (Å²) in [4.78, 5) is 0.886. The summed E-state index contributed by atoms with van der Waals surface area (Å²) in [5.74, 6) is 0.545. The second-order valence-corrected chi connectivity index (χ2v) is 4.78. The first-order valence-electron chi connectivity index (χ1n) is 5.07. The quantitative estimate of drug-likeness (QED) is 0.610. The summed E-state index contributed by atoms with van der Waals surface area (Å²) in [6, 6.07) is 5.32. The van der Waals surface area contributed by atoms with Gasteiger partial charge in [0, 0.05) is 22.9 Å². The number of rotatable bonds is 6. The standard InChI is InChI=1S/C11H16ClNO2S/c1-2-15-6-9(14)7-16-11-5-8(13)3-4-10(11)12/h3-5,9,14H,2,6-7,13H2,1H3. The summed E-state index contributed by atoms with van der Waals surface area (Å²) in [6.07, 6.45) is -0.484. The first-order chi connectivity index (χ1) is 7.63. The topological polar surface area (TPSA) is 55.5 Å². The average molecular weight is 262 g/mol. The molecule has 0 aliphatic carbocycles. The maximum Gasteiger partial charge on any atom is 0.0867 e. The van der Waals surface area contributed by atoms with Crippen molar-refractivity contribution in [3.05, 3.63) is 23.2 Å². The van der Waals surface area contributed by atoms with Crippen LogP contribution >= 0.6 is 23.4 Å². The molecule has 0 aliphatic heterocycles. The van der Waals surface area contributed by atoms with Gasteiger partial charge in [-0.15, -0.1) is 11.8 Å². The summed E-state index contributed by atoms with van der Waals surface area (Å²) in [6.45, 7) is 2.86. The van der Waals surface area contributed by atoms with Crippen LogP contribution in [0.1, 0.15) is 6.92 Å². The highest BCUT2D eigenvalue weighted by atomic mass is 35.5. The van der Waals surface area contributed by atoms with Crippen LogP contribution in [0.2, 0.25) is 5.02 Å². The van der Waals surface area contributed by atoms with Crippen molar-refractivity contribution in [2.24, 2.45) is 0 Å². The van der Waals surface area contributed by atoms with Gasteiger partial charge in [0.1, 0.15) is 0 Å². The van der Waals surface area contributed by atoms with Gasteiger partial charge in [-0.3, -0.25) is 0 Å². The highest BCUT2D eigenvalue weighted by Gasteiger charge is 2.07. The molecule has 0 radical (unpaired) electrons. The molecule has 0 spiro atoms. The van der Waals surface area contributed by atoms with E-state index in [1.807, 2.05) is 6.92 Å². The van der Waals surface area contributed by atoms with Crippen molar-refractivity contribution in [2.45, 2.75) is 17.9 Å². The third-order valence-electron chi connectivity index (χ3n) is 1.90. The minimum Gasteiger partial charge on any atom is -0.399 e. The highest BCUT2D eigenvalue weighted by molar-refractivity contribution is 7.99. The van der Waals surface area contributed by atoms with Crippen LogP contribution in [0.3, 0.4) is 0 Å². The van der Waals surface area contributed by atoms with Gasteiger partial charge in [-0.25, -0.2) is 0 Å². The van der Waals surface area contributed by atoms with Gasteiger partial charge in [0.25, 0.3) is 0 Å². The van der Waals surface area contributed by atoms with E-state index in [-0.39, 0.29) is 0 Å². The molecule has 3 nitrogen and oxygen atoms in total. The molecule has 90 valence electrons. The van der Waals surface area contributed by atoms with E-state index in [1.165, 1.54) is 11.8 Å². The number of anilines is 1. The van der Waals surface area contributed by atoms with Crippen molar-refractivity contribution in [2.75, 3.05) is 24.7 Å². The van der Waals surface area contributed by atoms with Gasteiger partial charge >= 0.3 is 0 Å². The van der Waals surface area contributed by atoms with Gasteiger partial charge in [-0.2, -0.15) is 0 Å². The zero-order chi connectivity index (χ0) is 12.0. The Morgan fingerprint density at radius 3 is 3.00 bits per heavy atom. The van der Waals surface area contributed by atoms with Crippen molar-refractivity contribution >= 4 is 29.1 Å². The Morgan fingerprint density at radius 2 is 2.31 bits per heavy atom. The third kappa shape index (κ3) is 4.61. The second kappa shape index (κ2) is 7.01. The minimum atomic E-state index is -0.484. The molecule has 0 aliphatic rings. The summed E-state index contributed by atoms with van der Waals surface area (Å²) in [7, 11) is 0. The Balaban J connectivity index is 2.44. The van der Waals surface area contributed by atoms with E-state index in [9.17, 15) is 5.11 Å². The van der Waals surface area contributed by atoms with Crippen LogP contribution in [0.15, 0.2) is 23.1 Å². The Kier molecular flexibility index (Phi) is 5.98. The lowest BCUT2D eigenvalue weighted by Crippen LogP contribution is -2.17. The van der Waals surface area contributed by atoms with Crippen molar-refractivity contribution in [3.63, 3.8) is 0 Å². The van der Waals surface area contributed by atoms with Gasteiger partial charge in [0.2, 0.25) is 0 Å². The van der Waals surface area contributed by atoms with E-state index >= 15 is 0 Å². The molecule has 1 aromatic rings. The number of benzene rings is 1. The van der Waals surface area contributed by atoms with Crippen molar-refractivity contribution in [1.29, 1.82) is 0 Å². The monoisotopic (exact) mass is 261 g/mol. The first kappa shape index (κ1) is 13.6. The average Bonchev–Trinajstić information content (AvgIpc) is 2.27. The molecular weight excluding hydrogens is 246 g/mol. The maximum atomic E-state index is 9.58. The molecule has 1 rings (SSSR count). The molecule has 1 aromatic carbocycles. The normalized spacial score (nSPS) is 12.7. The van der Waals surface area contributed by atoms with Crippen LogP contribution in [0.4, 0.5) is 5.69 Å². The molecule has 0 saturated carbocycles. The zero-order valence-corrected chi connectivity index (χ0v) is 10.7. The molecule has 0 saturated heterocycles. The van der Waals surface area contributed by atoms with Crippen LogP contribution in [-0.2, 0) is 4.74 Å². The van der Waals surface area contributed by atoms with E-state index in [0.717, 1.165) is 4.90 Å². The smallest absolute Gasteiger partial charge is 0.0867 e. The third-order valence-corrected chi connectivity index (χ3v) is 3.54. The molecule has 0 aromatic heterocycles. The Labute approximate surface area is 105 Å². The molecule has 16 heavy (non-hydrogen) atoms. The maximum absolute atomic E-state index is 9.58. The number of nitrogens with two attached hydrogens (primary N) is 1. The summed E-state index contributed by atoms with van der Waals surface area (Å²) in [5, 5.41) is 10.2. The van der Waals surface area contributed by atoms with Crippen molar-refractivity contribution < 1.29 is 9.84 Å². The fourth-order valence-electron chi connectivity index (χ4n) is 1.12. The molecule has 0 amide bonds. The first-order valence-corrected chi connectivity index (χ1v) is 6.43. The van der Waals surface area contributed by atoms with Crippen LogP contribution < -0.4 is 5.73 Å². The summed E-state index contributed by atoms with van der Waals surface area (Å²) >= 11 is 7.47. The molecule has 0 bridgehead atoms. The van der Waals surface area contributed by atoms with Gasteiger partial charge in [-0.05, 0) is 25.1 Å². The summed E-state index contributed by atoms with van der Waals surface area (Å²) < 4.78 is 5.12. The number of nitrogen functional groups attached to an aromatic ring is 1. The molecule has 0 heterocycles. The predicted octanol–water partition coefficient (Wildman–Crippen LogP) is 2.41. The second-order valence-electron chi connectivity index (χ2n) is 3.31. The molecule has 0 fully saturated rings. The van der Waals surface area contributed by atoms with Crippen molar-refractivity contribution in [1.82, 2.24) is 0 Å². The fourth-order valence-corrected chi connectivity index (χ4v) is 2.29. The van der Waals surface area contributed by atoms with E-state index in [0.29, 0.717) is 29.7 Å². The highest BCUT2D eigenvalue weighted by Crippen LogP contribution is 2.29. The van der Waals surface area contributed by atoms with Crippen LogP contribution in [0, 0.1) is 0 Å². The summed E-state index contributed by atoms with van der Waals surface area (Å²) in [5.41, 5.74) is 6.33. The van der Waals surface area contributed by atoms with Crippen LogP contribution in [0.5, 0.6) is 0 Å². The lowest BCUT2D eigenvalue weighted by atomic mass is 10.3. The van der Waals surface area contributed by atoms with Gasteiger partial charge < -0.3 is 15.6 Å². The van der Waals surface area contributed by atoms with Crippen LogP contribution in [0.25, 0.3) is 0 Å². The Morgan fingerprint density at radius 1 is 1.56 bits per heavy atom. The fraction of sp³-hybridized carbons (Fsp3) is 0.455. The van der Waals surface area contributed by atoms with E-state index < -0.39 is 6.10 Å². The Bertz CT molecular complexity index is 336. The number of ether oxygens (including phenoxy) is 1. The number of aliphatic hydroxyl groups excluding tert-OH is 1. The van der Waals surface area contributed by atoms with Gasteiger partial charge in [0.15, 0.2) is 0 Å². The number of hydrogen-bond acceptors (Lipinski definition) is 4. The van der Waals surface area contributed by atoms with Gasteiger partial charge in [-0.1, -0.05) is 11.6 Å². The molecule has 5 heteroatoms. The van der Waals surface area contributed by atoms with Gasteiger partial charge in [0.05, 0.1) is 17.7 Å². The van der Waals surface area contributed by atoms with E-state index in [2.05, 4.69) is 0 Å². The largest absolute Gasteiger partial charge is 0.399 e. The van der Waals surface area contributed by atoms with Crippen molar-refractivity contribution in [3.8, 4) is 0 Å². The molecule has 1 atom stereocenters. The predicted molar refractivity (Wildman–Crippen MR) is 69.1 cm³/mol. The van der Waals surface area contributed by atoms with Crippen LogP contribution in [-0.4, -0.2) is 30.2 Å².